The average Bonchev–Trinajstić information content (AvgIpc) is 2.66. The maximum Gasteiger partial charge on any atom is 0.251 e. The predicted octanol–water partition coefficient (Wildman–Crippen LogP) is 2.58. The molecule has 1 aromatic carbocycles. The van der Waals surface area contributed by atoms with E-state index in [1.807, 2.05) is 18.2 Å². The van der Waals surface area contributed by atoms with Gasteiger partial charge < -0.3 is 10.2 Å². The van der Waals surface area contributed by atoms with E-state index < -0.39 is 0 Å². The molecule has 2 aromatic heterocycles. The van der Waals surface area contributed by atoms with E-state index in [9.17, 15) is 4.79 Å². The van der Waals surface area contributed by atoms with Crippen molar-refractivity contribution in [3.63, 3.8) is 0 Å². The first-order chi connectivity index (χ1) is 13.4. The monoisotopic (exact) mass is 376 g/mol. The minimum Gasteiger partial charge on any atom is -0.354 e. The largest absolute Gasteiger partial charge is 0.354 e. The molecule has 0 unspecified atom stereocenters. The zero-order chi connectivity index (χ0) is 19.7. The van der Waals surface area contributed by atoms with Crippen molar-refractivity contribution >= 4 is 22.8 Å². The van der Waals surface area contributed by atoms with Crippen molar-refractivity contribution in [1.82, 2.24) is 25.5 Å². The lowest BCUT2D eigenvalue weighted by atomic mass is 9.92. The molecule has 1 fully saturated rings. The molecular formula is C21H24N6O. The summed E-state index contributed by atoms with van der Waals surface area (Å²) in [6.45, 7) is 8.75. The number of carbonyl (C=O) groups is 1. The van der Waals surface area contributed by atoms with Crippen LogP contribution < -0.4 is 10.2 Å². The zero-order valence-corrected chi connectivity index (χ0v) is 16.4. The van der Waals surface area contributed by atoms with Gasteiger partial charge in [0.15, 0.2) is 5.82 Å². The summed E-state index contributed by atoms with van der Waals surface area (Å²) in [5.74, 6) is 1.22. The number of carbonyl (C=O) groups excluding carboxylic acids is 1. The first-order valence-electron chi connectivity index (χ1n) is 9.48. The smallest absolute Gasteiger partial charge is 0.251 e. The van der Waals surface area contributed by atoms with Gasteiger partial charge in [-0.05, 0) is 30.3 Å². The van der Waals surface area contributed by atoms with E-state index in [2.05, 4.69) is 51.2 Å². The Morgan fingerprint density at radius 3 is 2.50 bits per heavy atom. The van der Waals surface area contributed by atoms with Gasteiger partial charge in [0, 0.05) is 48.9 Å². The molecule has 144 valence electrons. The van der Waals surface area contributed by atoms with Gasteiger partial charge in [0.05, 0.1) is 16.7 Å². The predicted molar refractivity (Wildman–Crippen MR) is 108 cm³/mol. The second-order valence-corrected chi connectivity index (χ2v) is 8.27. The molecule has 0 aliphatic carbocycles. The zero-order valence-electron chi connectivity index (χ0n) is 16.4. The van der Waals surface area contributed by atoms with Crippen molar-refractivity contribution in [1.29, 1.82) is 0 Å². The summed E-state index contributed by atoms with van der Waals surface area (Å²) >= 11 is 0. The first-order valence-corrected chi connectivity index (χ1v) is 9.48. The molecule has 1 aliphatic rings. The van der Waals surface area contributed by atoms with E-state index in [-0.39, 0.29) is 11.3 Å². The molecule has 7 heteroatoms. The van der Waals surface area contributed by atoms with E-state index in [0.717, 1.165) is 35.6 Å². The fourth-order valence-corrected chi connectivity index (χ4v) is 3.22. The molecule has 28 heavy (non-hydrogen) atoms. The van der Waals surface area contributed by atoms with Crippen LogP contribution in [-0.4, -0.2) is 45.7 Å². The maximum atomic E-state index is 12.4. The van der Waals surface area contributed by atoms with Crippen molar-refractivity contribution in [2.45, 2.75) is 26.2 Å². The number of fused-ring (bicyclic) bond motifs is 1. The summed E-state index contributed by atoms with van der Waals surface area (Å²) in [5.41, 5.74) is 3.10. The third-order valence-corrected chi connectivity index (χ3v) is 4.98. The summed E-state index contributed by atoms with van der Waals surface area (Å²) in [4.78, 5) is 23.1. The molecule has 1 aliphatic heterocycles. The Labute approximate surface area is 164 Å². The van der Waals surface area contributed by atoms with Gasteiger partial charge >= 0.3 is 0 Å². The summed E-state index contributed by atoms with van der Waals surface area (Å²) in [7, 11) is 0. The van der Waals surface area contributed by atoms with E-state index in [1.165, 1.54) is 0 Å². The van der Waals surface area contributed by atoms with Gasteiger partial charge in [-0.1, -0.05) is 20.8 Å². The topological polar surface area (TPSA) is 83.9 Å². The highest BCUT2D eigenvalue weighted by Gasteiger charge is 2.28. The van der Waals surface area contributed by atoms with Crippen LogP contribution in [0.3, 0.4) is 0 Å². The number of hydrogen-bond acceptors (Lipinski definition) is 6. The molecule has 0 radical (unpaired) electrons. The highest BCUT2D eigenvalue weighted by Crippen LogP contribution is 2.24. The Kier molecular flexibility index (Phi) is 4.66. The van der Waals surface area contributed by atoms with Gasteiger partial charge in [0.2, 0.25) is 0 Å². The van der Waals surface area contributed by atoms with Gasteiger partial charge in [0.1, 0.15) is 0 Å². The van der Waals surface area contributed by atoms with Crippen molar-refractivity contribution in [3.05, 3.63) is 54.0 Å². The summed E-state index contributed by atoms with van der Waals surface area (Å²) in [5, 5.41) is 11.7. The quantitative estimate of drug-likeness (QED) is 0.753. The Morgan fingerprint density at radius 1 is 1.07 bits per heavy atom. The molecule has 0 atom stereocenters. The lowest BCUT2D eigenvalue weighted by molar-refractivity contribution is 0.0944. The van der Waals surface area contributed by atoms with Crippen LogP contribution in [0.5, 0.6) is 0 Å². The molecule has 0 saturated carbocycles. The second-order valence-electron chi connectivity index (χ2n) is 8.27. The maximum absolute atomic E-state index is 12.4. The van der Waals surface area contributed by atoms with E-state index in [1.54, 1.807) is 24.5 Å². The minimum atomic E-state index is -0.0830. The number of anilines is 1. The number of benzene rings is 1. The van der Waals surface area contributed by atoms with Crippen LogP contribution in [0, 0.1) is 5.92 Å². The summed E-state index contributed by atoms with van der Waals surface area (Å²) < 4.78 is 0. The number of hydrogen-bond donors (Lipinski definition) is 1. The Bertz CT molecular complexity index is 990. The molecule has 1 amide bonds. The fourth-order valence-electron chi connectivity index (χ4n) is 3.22. The molecule has 1 N–H and O–H groups in total. The lowest BCUT2D eigenvalue weighted by Crippen LogP contribution is -2.52. The Balaban J connectivity index is 1.29. The second kappa shape index (κ2) is 7.14. The van der Waals surface area contributed by atoms with Crippen LogP contribution in [0.4, 0.5) is 5.82 Å². The van der Waals surface area contributed by atoms with Crippen LogP contribution in [0.25, 0.3) is 11.0 Å². The SMILES string of the molecule is CC(C)(C)c1ccc(N2CC(CNC(=O)c3ccc4nccnc4c3)C2)nn1. The molecule has 0 spiro atoms. The molecule has 0 bridgehead atoms. The molecule has 3 aromatic rings. The Hall–Kier alpha value is -3.09. The molecule has 7 nitrogen and oxygen atoms in total. The van der Waals surface area contributed by atoms with Crippen LogP contribution in [-0.2, 0) is 5.41 Å². The number of nitrogens with zero attached hydrogens (tertiary/aromatic N) is 5. The number of nitrogens with one attached hydrogen (secondary N) is 1. The van der Waals surface area contributed by atoms with Crippen molar-refractivity contribution in [3.8, 4) is 0 Å². The van der Waals surface area contributed by atoms with E-state index in [4.69, 9.17) is 0 Å². The van der Waals surface area contributed by atoms with Gasteiger partial charge in [0.25, 0.3) is 5.91 Å². The number of amides is 1. The van der Waals surface area contributed by atoms with E-state index >= 15 is 0 Å². The minimum absolute atomic E-state index is 0.00163. The van der Waals surface area contributed by atoms with Gasteiger partial charge in [-0.2, -0.15) is 5.10 Å². The summed E-state index contributed by atoms with van der Waals surface area (Å²) in [6.07, 6.45) is 3.27. The molecule has 4 rings (SSSR count). The lowest BCUT2D eigenvalue weighted by Gasteiger charge is -2.40. The molecular weight excluding hydrogens is 352 g/mol. The third kappa shape index (κ3) is 3.78. The van der Waals surface area contributed by atoms with Crippen LogP contribution >= 0.6 is 0 Å². The van der Waals surface area contributed by atoms with E-state index in [0.29, 0.717) is 18.0 Å². The molecule has 3 heterocycles. The third-order valence-electron chi connectivity index (χ3n) is 4.98. The van der Waals surface area contributed by atoms with Crippen molar-refractivity contribution < 1.29 is 4.79 Å². The Morgan fingerprint density at radius 2 is 1.82 bits per heavy atom. The highest BCUT2D eigenvalue weighted by atomic mass is 16.1. The molecule has 1 saturated heterocycles. The summed E-state index contributed by atoms with van der Waals surface area (Å²) in [6, 6.07) is 9.45. The number of rotatable bonds is 4. The van der Waals surface area contributed by atoms with Gasteiger partial charge in [-0.25, -0.2) is 0 Å². The van der Waals surface area contributed by atoms with Gasteiger partial charge in [-0.15, -0.1) is 5.10 Å². The average molecular weight is 376 g/mol. The fraction of sp³-hybridized carbons (Fsp3) is 0.381. The highest BCUT2D eigenvalue weighted by molar-refractivity contribution is 5.97. The van der Waals surface area contributed by atoms with Crippen molar-refractivity contribution in [2.75, 3.05) is 24.5 Å². The standard InChI is InChI=1S/C21H24N6O/c1-21(2,3)18-6-7-19(26-25-18)27-12-14(13-27)11-24-20(28)15-4-5-16-17(10-15)23-9-8-22-16/h4-10,14H,11-13H2,1-3H3,(H,24,28). The number of aromatic nitrogens is 4. The normalized spacial score (nSPS) is 14.8. The van der Waals surface area contributed by atoms with Crippen molar-refractivity contribution in [2.24, 2.45) is 5.92 Å². The van der Waals surface area contributed by atoms with Crippen LogP contribution in [0.15, 0.2) is 42.7 Å². The van der Waals surface area contributed by atoms with Crippen LogP contribution in [0.1, 0.15) is 36.8 Å². The first kappa shape index (κ1) is 18.3. The van der Waals surface area contributed by atoms with Gasteiger partial charge in [-0.3, -0.25) is 14.8 Å². The van der Waals surface area contributed by atoms with Crippen LogP contribution in [0.2, 0.25) is 0 Å².